The first kappa shape index (κ1) is 21.7. The summed E-state index contributed by atoms with van der Waals surface area (Å²) in [6.45, 7) is 5.96. The summed E-state index contributed by atoms with van der Waals surface area (Å²) in [5, 5.41) is 0. The third-order valence-corrected chi connectivity index (χ3v) is 5.45. The molecule has 1 fully saturated rings. The van der Waals surface area contributed by atoms with Crippen molar-refractivity contribution in [1.29, 1.82) is 0 Å². The van der Waals surface area contributed by atoms with E-state index in [-0.39, 0.29) is 24.2 Å². The van der Waals surface area contributed by atoms with Gasteiger partial charge in [0.25, 0.3) is 0 Å². The molecule has 6 heteroatoms. The summed E-state index contributed by atoms with van der Waals surface area (Å²) in [7, 11) is 4.01. The molecule has 0 bridgehead atoms. The van der Waals surface area contributed by atoms with Crippen LogP contribution >= 0.6 is 0 Å². The largest absolute Gasteiger partial charge is 0.492 e. The zero-order valence-electron chi connectivity index (χ0n) is 18.3. The SMILES string of the molecule is CCOc1ccccc1N1CC(C(=O)N(CC)Cc2ccc(N(C)C)cc2)CC1=O. The first-order valence-electron chi connectivity index (χ1n) is 10.5. The van der Waals surface area contributed by atoms with Crippen LogP contribution in [0.5, 0.6) is 5.75 Å². The molecule has 0 saturated carbocycles. The smallest absolute Gasteiger partial charge is 0.228 e. The lowest BCUT2D eigenvalue weighted by molar-refractivity contribution is -0.136. The van der Waals surface area contributed by atoms with E-state index in [1.807, 2.05) is 62.0 Å². The highest BCUT2D eigenvalue weighted by Crippen LogP contribution is 2.33. The molecule has 0 aliphatic carbocycles. The van der Waals surface area contributed by atoms with Gasteiger partial charge in [0.1, 0.15) is 5.75 Å². The Morgan fingerprint density at radius 1 is 1.10 bits per heavy atom. The number of hydrogen-bond acceptors (Lipinski definition) is 4. The van der Waals surface area contributed by atoms with Crippen molar-refractivity contribution in [3.05, 3.63) is 54.1 Å². The van der Waals surface area contributed by atoms with Crippen molar-refractivity contribution >= 4 is 23.2 Å². The van der Waals surface area contributed by atoms with Crippen LogP contribution in [0.1, 0.15) is 25.8 Å². The topological polar surface area (TPSA) is 53.1 Å². The maximum absolute atomic E-state index is 13.2. The molecule has 30 heavy (non-hydrogen) atoms. The minimum absolute atomic E-state index is 0.0268. The fraction of sp³-hybridized carbons (Fsp3) is 0.417. The lowest BCUT2D eigenvalue weighted by Gasteiger charge is -2.25. The van der Waals surface area contributed by atoms with E-state index in [1.54, 1.807) is 4.90 Å². The zero-order chi connectivity index (χ0) is 21.7. The zero-order valence-corrected chi connectivity index (χ0v) is 18.3. The molecule has 0 radical (unpaired) electrons. The van der Waals surface area contributed by atoms with Gasteiger partial charge < -0.3 is 19.4 Å². The highest BCUT2D eigenvalue weighted by atomic mass is 16.5. The van der Waals surface area contributed by atoms with Gasteiger partial charge in [0.15, 0.2) is 0 Å². The molecular weight excluding hydrogens is 378 g/mol. The van der Waals surface area contributed by atoms with Crippen molar-refractivity contribution in [2.24, 2.45) is 5.92 Å². The van der Waals surface area contributed by atoms with E-state index in [0.717, 1.165) is 16.9 Å². The molecular formula is C24H31N3O3. The van der Waals surface area contributed by atoms with E-state index < -0.39 is 0 Å². The van der Waals surface area contributed by atoms with Gasteiger partial charge in [-0.25, -0.2) is 0 Å². The van der Waals surface area contributed by atoms with Gasteiger partial charge in [-0.2, -0.15) is 0 Å². The van der Waals surface area contributed by atoms with Crippen LogP contribution in [0, 0.1) is 5.92 Å². The number of rotatable bonds is 8. The lowest BCUT2D eigenvalue weighted by Crippen LogP contribution is -2.37. The summed E-state index contributed by atoms with van der Waals surface area (Å²) in [5.74, 6) is 0.328. The van der Waals surface area contributed by atoms with E-state index in [2.05, 4.69) is 24.3 Å². The van der Waals surface area contributed by atoms with E-state index >= 15 is 0 Å². The second kappa shape index (κ2) is 9.65. The summed E-state index contributed by atoms with van der Waals surface area (Å²) < 4.78 is 5.67. The molecule has 1 heterocycles. The third kappa shape index (κ3) is 4.75. The Morgan fingerprint density at radius 3 is 2.43 bits per heavy atom. The Balaban J connectivity index is 1.71. The number of carbonyl (C=O) groups excluding carboxylic acids is 2. The van der Waals surface area contributed by atoms with Crippen LogP contribution in [-0.4, -0.2) is 50.5 Å². The number of benzene rings is 2. The first-order chi connectivity index (χ1) is 14.4. The van der Waals surface area contributed by atoms with E-state index in [9.17, 15) is 9.59 Å². The Morgan fingerprint density at radius 2 is 1.80 bits per heavy atom. The van der Waals surface area contributed by atoms with Gasteiger partial charge in [0, 0.05) is 45.8 Å². The number of hydrogen-bond donors (Lipinski definition) is 0. The maximum atomic E-state index is 13.2. The molecule has 0 aromatic heterocycles. The van der Waals surface area contributed by atoms with Crippen molar-refractivity contribution < 1.29 is 14.3 Å². The van der Waals surface area contributed by atoms with Crippen molar-refractivity contribution in [2.75, 3.05) is 43.6 Å². The molecule has 2 aromatic carbocycles. The predicted octanol–water partition coefficient (Wildman–Crippen LogP) is 3.55. The fourth-order valence-electron chi connectivity index (χ4n) is 3.79. The minimum Gasteiger partial charge on any atom is -0.492 e. The van der Waals surface area contributed by atoms with Gasteiger partial charge in [-0.3, -0.25) is 9.59 Å². The lowest BCUT2D eigenvalue weighted by atomic mass is 10.1. The van der Waals surface area contributed by atoms with Crippen molar-refractivity contribution in [2.45, 2.75) is 26.8 Å². The van der Waals surface area contributed by atoms with Gasteiger partial charge in [-0.05, 0) is 43.7 Å². The molecule has 160 valence electrons. The normalized spacial score (nSPS) is 15.9. The molecule has 1 unspecified atom stereocenters. The van der Waals surface area contributed by atoms with Crippen LogP contribution in [0.4, 0.5) is 11.4 Å². The Kier molecular flexibility index (Phi) is 6.98. The first-order valence-corrected chi connectivity index (χ1v) is 10.5. The third-order valence-electron chi connectivity index (χ3n) is 5.45. The summed E-state index contributed by atoms with van der Waals surface area (Å²) in [6, 6.07) is 15.7. The molecule has 2 amide bonds. The average molecular weight is 410 g/mol. The van der Waals surface area contributed by atoms with Gasteiger partial charge in [-0.1, -0.05) is 24.3 Å². The molecule has 1 aliphatic rings. The summed E-state index contributed by atoms with van der Waals surface area (Å²) in [4.78, 5) is 31.5. The number of carbonyl (C=O) groups is 2. The molecule has 2 aromatic rings. The van der Waals surface area contributed by atoms with Gasteiger partial charge in [0.05, 0.1) is 18.2 Å². The number of nitrogens with zero attached hydrogens (tertiary/aromatic N) is 3. The van der Waals surface area contributed by atoms with Gasteiger partial charge in [0.2, 0.25) is 11.8 Å². The van der Waals surface area contributed by atoms with E-state index in [0.29, 0.717) is 32.0 Å². The summed E-state index contributed by atoms with van der Waals surface area (Å²) in [5.41, 5.74) is 2.94. The van der Waals surface area contributed by atoms with E-state index in [4.69, 9.17) is 4.74 Å². The van der Waals surface area contributed by atoms with Crippen molar-refractivity contribution in [1.82, 2.24) is 4.90 Å². The van der Waals surface area contributed by atoms with Crippen molar-refractivity contribution in [3.8, 4) is 5.75 Å². The van der Waals surface area contributed by atoms with Crippen LogP contribution in [0.3, 0.4) is 0 Å². The number of amides is 2. The average Bonchev–Trinajstić information content (AvgIpc) is 3.14. The number of ether oxygens (including phenoxy) is 1. The molecule has 0 N–H and O–H groups in total. The van der Waals surface area contributed by atoms with Crippen LogP contribution in [0.2, 0.25) is 0 Å². The fourth-order valence-corrected chi connectivity index (χ4v) is 3.79. The minimum atomic E-state index is -0.340. The second-order valence-electron chi connectivity index (χ2n) is 7.72. The highest BCUT2D eigenvalue weighted by Gasteiger charge is 2.37. The van der Waals surface area contributed by atoms with Crippen LogP contribution in [0.15, 0.2) is 48.5 Å². The molecule has 6 nitrogen and oxygen atoms in total. The number of para-hydroxylation sites is 2. The Labute approximate surface area is 179 Å². The summed E-state index contributed by atoms with van der Waals surface area (Å²) >= 11 is 0. The highest BCUT2D eigenvalue weighted by molar-refractivity contribution is 6.01. The van der Waals surface area contributed by atoms with E-state index in [1.165, 1.54) is 0 Å². The van der Waals surface area contributed by atoms with Crippen LogP contribution in [-0.2, 0) is 16.1 Å². The predicted molar refractivity (Wildman–Crippen MR) is 120 cm³/mol. The maximum Gasteiger partial charge on any atom is 0.228 e. The molecule has 0 spiro atoms. The van der Waals surface area contributed by atoms with Crippen LogP contribution < -0.4 is 14.5 Å². The Hall–Kier alpha value is -3.02. The quantitative estimate of drug-likeness (QED) is 0.669. The standard InChI is InChI=1S/C24H31N3O3/c1-5-26(16-18-11-13-20(14-12-18)25(3)4)24(29)19-15-23(28)27(17-19)21-9-7-8-10-22(21)30-6-2/h7-14,19H,5-6,15-17H2,1-4H3. The van der Waals surface area contributed by atoms with Gasteiger partial charge >= 0.3 is 0 Å². The molecule has 3 rings (SSSR count). The summed E-state index contributed by atoms with van der Waals surface area (Å²) in [6.07, 6.45) is 0.232. The monoisotopic (exact) mass is 409 g/mol. The van der Waals surface area contributed by atoms with Crippen LogP contribution in [0.25, 0.3) is 0 Å². The van der Waals surface area contributed by atoms with Gasteiger partial charge in [-0.15, -0.1) is 0 Å². The molecule has 1 atom stereocenters. The number of anilines is 2. The second-order valence-corrected chi connectivity index (χ2v) is 7.72. The van der Waals surface area contributed by atoms with Crippen molar-refractivity contribution in [3.63, 3.8) is 0 Å². The molecule has 1 saturated heterocycles. The Bertz CT molecular complexity index is 880. The molecule has 1 aliphatic heterocycles.